The van der Waals surface area contributed by atoms with Crippen LogP contribution >= 0.6 is 0 Å². The van der Waals surface area contributed by atoms with Crippen LogP contribution < -0.4 is 0 Å². The molecule has 0 aliphatic heterocycles. The lowest BCUT2D eigenvalue weighted by atomic mass is 9.52. The molecule has 0 aromatic rings. The van der Waals surface area contributed by atoms with Gasteiger partial charge in [0.15, 0.2) is 0 Å². The number of hydrogen-bond donors (Lipinski definition) is 1. The van der Waals surface area contributed by atoms with Crippen molar-refractivity contribution < 1.29 is 24.2 Å². The molecule has 130 valence electrons. The van der Waals surface area contributed by atoms with Crippen LogP contribution in [0.5, 0.6) is 0 Å². The van der Waals surface area contributed by atoms with Crippen LogP contribution in [0.2, 0.25) is 0 Å². The summed E-state index contributed by atoms with van der Waals surface area (Å²) in [4.78, 5) is 23.5. The van der Waals surface area contributed by atoms with E-state index in [0.29, 0.717) is 18.3 Å². The summed E-state index contributed by atoms with van der Waals surface area (Å²) < 4.78 is 11.9. The fraction of sp³-hybridized carbons (Fsp3) is 0.889. The maximum absolute atomic E-state index is 12.6. The van der Waals surface area contributed by atoms with Crippen molar-refractivity contribution in [2.75, 3.05) is 6.61 Å². The van der Waals surface area contributed by atoms with E-state index in [1.807, 2.05) is 20.8 Å². The third-order valence-corrected chi connectivity index (χ3v) is 6.20. The van der Waals surface area contributed by atoms with Gasteiger partial charge in [-0.1, -0.05) is 6.92 Å². The Labute approximate surface area is 137 Å². The Balaban J connectivity index is 1.78. The number of carbonyl (C=O) groups is 2. The molecule has 0 aromatic carbocycles. The van der Waals surface area contributed by atoms with Crippen LogP contribution in [-0.2, 0) is 19.1 Å². The minimum absolute atomic E-state index is 0.129. The molecule has 4 rings (SSSR count). The molecule has 0 amide bonds. The molecule has 4 bridgehead atoms. The zero-order valence-electron chi connectivity index (χ0n) is 14.4. The van der Waals surface area contributed by atoms with Gasteiger partial charge in [-0.2, -0.15) is 0 Å². The van der Waals surface area contributed by atoms with Gasteiger partial charge in [-0.05, 0) is 64.2 Å². The van der Waals surface area contributed by atoms with Gasteiger partial charge in [0.2, 0.25) is 0 Å². The summed E-state index contributed by atoms with van der Waals surface area (Å²) in [6.07, 6.45) is 6.21. The second-order valence-corrected chi connectivity index (χ2v) is 8.64. The van der Waals surface area contributed by atoms with Crippen molar-refractivity contribution in [2.24, 2.45) is 17.3 Å². The van der Waals surface area contributed by atoms with Crippen LogP contribution in [0, 0.1) is 17.3 Å². The van der Waals surface area contributed by atoms with Gasteiger partial charge in [-0.3, -0.25) is 4.79 Å². The van der Waals surface area contributed by atoms with E-state index in [4.69, 9.17) is 14.6 Å². The highest BCUT2D eigenvalue weighted by Gasteiger charge is 2.60. The van der Waals surface area contributed by atoms with Crippen LogP contribution in [0.3, 0.4) is 0 Å². The molecule has 2 unspecified atom stereocenters. The lowest BCUT2D eigenvalue weighted by Gasteiger charge is -2.60. The molecule has 5 nitrogen and oxygen atoms in total. The van der Waals surface area contributed by atoms with Crippen LogP contribution in [-0.4, -0.2) is 34.9 Å². The van der Waals surface area contributed by atoms with Crippen molar-refractivity contribution in [3.8, 4) is 0 Å². The van der Waals surface area contributed by atoms with E-state index >= 15 is 0 Å². The Morgan fingerprint density at radius 1 is 1.13 bits per heavy atom. The first-order valence-electron chi connectivity index (χ1n) is 8.77. The van der Waals surface area contributed by atoms with E-state index in [1.165, 1.54) is 0 Å². The molecule has 4 aliphatic carbocycles. The Bertz CT molecular complexity index is 496. The molecule has 5 heteroatoms. The van der Waals surface area contributed by atoms with Crippen LogP contribution in [0.4, 0.5) is 0 Å². The van der Waals surface area contributed by atoms with E-state index in [-0.39, 0.29) is 12.6 Å². The summed E-state index contributed by atoms with van der Waals surface area (Å²) in [6.45, 7) is 5.58. The van der Waals surface area contributed by atoms with Crippen molar-refractivity contribution in [1.82, 2.24) is 0 Å². The Kier molecular flexibility index (Phi) is 3.98. The largest absolute Gasteiger partial charge is 0.480 e. The molecule has 0 heterocycles. The molecule has 4 aliphatic rings. The monoisotopic (exact) mass is 324 g/mol. The van der Waals surface area contributed by atoms with Crippen molar-refractivity contribution in [3.63, 3.8) is 0 Å². The van der Waals surface area contributed by atoms with Crippen LogP contribution in [0.25, 0.3) is 0 Å². The molecule has 0 aromatic heterocycles. The molecular weight excluding hydrogens is 296 g/mol. The molecule has 2 atom stereocenters. The fourth-order valence-electron chi connectivity index (χ4n) is 5.08. The van der Waals surface area contributed by atoms with Crippen molar-refractivity contribution in [3.05, 3.63) is 0 Å². The molecule has 0 radical (unpaired) electrons. The van der Waals surface area contributed by atoms with Gasteiger partial charge in [-0.15, -0.1) is 0 Å². The standard InChI is InChI=1S/C18H28O5/c1-4-16(2,3)15(21)23-18-8-12-5-13(9-18)7-17(6-12,11-18)22-10-14(19)20/h12-13H,4-11H2,1-3H3,(H,19,20). The first kappa shape index (κ1) is 16.7. The van der Waals surface area contributed by atoms with Crippen molar-refractivity contribution >= 4 is 11.9 Å². The second kappa shape index (κ2) is 5.47. The summed E-state index contributed by atoms with van der Waals surface area (Å²) in [5, 5.41) is 8.95. The maximum Gasteiger partial charge on any atom is 0.329 e. The third kappa shape index (κ3) is 3.12. The first-order chi connectivity index (χ1) is 10.7. The normalized spacial score (nSPS) is 38.6. The number of carboxylic acids is 1. The van der Waals surface area contributed by atoms with E-state index in [2.05, 4.69) is 0 Å². The van der Waals surface area contributed by atoms with Crippen molar-refractivity contribution in [1.29, 1.82) is 0 Å². The summed E-state index contributed by atoms with van der Waals surface area (Å²) in [6, 6.07) is 0. The topological polar surface area (TPSA) is 72.8 Å². The lowest BCUT2D eigenvalue weighted by Crippen LogP contribution is -2.62. The maximum atomic E-state index is 12.6. The highest BCUT2D eigenvalue weighted by Crippen LogP contribution is 2.60. The molecule has 4 fully saturated rings. The Morgan fingerprint density at radius 3 is 2.22 bits per heavy atom. The quantitative estimate of drug-likeness (QED) is 0.760. The zero-order chi connectivity index (χ0) is 16.9. The van der Waals surface area contributed by atoms with Gasteiger partial charge >= 0.3 is 11.9 Å². The van der Waals surface area contributed by atoms with Crippen LogP contribution in [0.15, 0.2) is 0 Å². The second-order valence-electron chi connectivity index (χ2n) is 8.64. The predicted molar refractivity (Wildman–Crippen MR) is 83.9 cm³/mol. The fourth-order valence-corrected chi connectivity index (χ4v) is 5.08. The number of aliphatic carboxylic acids is 1. The number of carbonyl (C=O) groups excluding carboxylic acids is 1. The lowest BCUT2D eigenvalue weighted by molar-refractivity contribution is -0.239. The Morgan fingerprint density at radius 2 is 1.70 bits per heavy atom. The minimum Gasteiger partial charge on any atom is -0.480 e. The molecular formula is C18H28O5. The third-order valence-electron chi connectivity index (χ3n) is 6.20. The Hall–Kier alpha value is -1.10. The van der Waals surface area contributed by atoms with Crippen molar-refractivity contribution in [2.45, 2.75) is 76.9 Å². The molecule has 23 heavy (non-hydrogen) atoms. The van der Waals surface area contributed by atoms with Gasteiger partial charge in [-0.25, -0.2) is 4.79 Å². The van der Waals surface area contributed by atoms with Crippen LogP contribution in [0.1, 0.15) is 65.7 Å². The van der Waals surface area contributed by atoms with E-state index in [1.54, 1.807) is 0 Å². The average Bonchev–Trinajstić information content (AvgIpc) is 2.43. The average molecular weight is 324 g/mol. The van der Waals surface area contributed by atoms with Gasteiger partial charge in [0, 0.05) is 6.42 Å². The van der Waals surface area contributed by atoms with Gasteiger partial charge in [0.25, 0.3) is 0 Å². The smallest absolute Gasteiger partial charge is 0.329 e. The summed E-state index contributed by atoms with van der Waals surface area (Å²) in [7, 11) is 0. The molecule has 1 N–H and O–H groups in total. The summed E-state index contributed by atoms with van der Waals surface area (Å²) in [5.41, 5.74) is -1.32. The zero-order valence-corrected chi connectivity index (χ0v) is 14.4. The van der Waals surface area contributed by atoms with E-state index in [0.717, 1.165) is 38.5 Å². The number of rotatable bonds is 6. The molecule has 4 saturated carbocycles. The number of ether oxygens (including phenoxy) is 2. The molecule has 0 saturated heterocycles. The number of carboxylic acid groups (broad SMARTS) is 1. The van der Waals surface area contributed by atoms with Gasteiger partial charge in [0.1, 0.15) is 12.2 Å². The minimum atomic E-state index is -0.932. The van der Waals surface area contributed by atoms with Gasteiger partial charge in [0.05, 0.1) is 11.0 Å². The number of hydrogen-bond acceptors (Lipinski definition) is 4. The molecule has 0 spiro atoms. The summed E-state index contributed by atoms with van der Waals surface area (Å²) in [5.74, 6) is -0.0839. The van der Waals surface area contributed by atoms with E-state index in [9.17, 15) is 9.59 Å². The first-order valence-corrected chi connectivity index (χ1v) is 8.77. The highest BCUT2D eigenvalue weighted by atomic mass is 16.6. The predicted octanol–water partition coefficient (Wildman–Crippen LogP) is 3.16. The van der Waals surface area contributed by atoms with Gasteiger partial charge < -0.3 is 14.6 Å². The summed E-state index contributed by atoms with van der Waals surface area (Å²) >= 11 is 0. The SMILES string of the molecule is CCC(C)(C)C(=O)OC12CC3CC(CC(OCC(=O)O)(C3)C1)C2. The number of esters is 1. The van der Waals surface area contributed by atoms with E-state index < -0.39 is 22.6 Å². The highest BCUT2D eigenvalue weighted by molar-refractivity contribution is 5.76.